The normalized spacial score (nSPS) is 19.3. The van der Waals surface area contributed by atoms with Gasteiger partial charge in [-0.05, 0) is 27.9 Å². The van der Waals surface area contributed by atoms with Crippen LogP contribution in [0.1, 0.15) is 13.8 Å². The van der Waals surface area contributed by atoms with E-state index in [1.54, 1.807) is 0 Å². The van der Waals surface area contributed by atoms with Crippen LogP contribution in [0.4, 0.5) is 0 Å². The lowest BCUT2D eigenvalue weighted by atomic mass is 10.0. The average molecular weight is 228 g/mol. The first kappa shape index (κ1) is 13.9. The van der Waals surface area contributed by atoms with Gasteiger partial charge in [0.05, 0.1) is 0 Å². The van der Waals surface area contributed by atoms with E-state index in [-0.39, 0.29) is 5.54 Å². The van der Waals surface area contributed by atoms with Crippen LogP contribution in [0.2, 0.25) is 0 Å². The van der Waals surface area contributed by atoms with Gasteiger partial charge in [-0.3, -0.25) is 4.90 Å². The van der Waals surface area contributed by atoms with Crippen LogP contribution in [0.15, 0.2) is 0 Å². The highest BCUT2D eigenvalue weighted by atomic mass is 15.2. The lowest BCUT2D eigenvalue weighted by Gasteiger charge is -2.41. The van der Waals surface area contributed by atoms with E-state index in [9.17, 15) is 0 Å². The van der Waals surface area contributed by atoms with Crippen molar-refractivity contribution >= 4 is 0 Å². The van der Waals surface area contributed by atoms with Crippen molar-refractivity contribution in [3.05, 3.63) is 0 Å². The number of piperazine rings is 1. The quantitative estimate of drug-likeness (QED) is 0.618. The van der Waals surface area contributed by atoms with Gasteiger partial charge >= 0.3 is 0 Å². The Kier molecular flexibility index (Phi) is 5.69. The van der Waals surface area contributed by atoms with E-state index in [4.69, 9.17) is 0 Å². The zero-order valence-electron chi connectivity index (χ0n) is 11.3. The molecule has 0 aliphatic carbocycles. The van der Waals surface area contributed by atoms with Gasteiger partial charge in [-0.15, -0.1) is 0 Å². The summed E-state index contributed by atoms with van der Waals surface area (Å²) in [5, 5.41) is 6.95. The third kappa shape index (κ3) is 4.78. The van der Waals surface area contributed by atoms with E-state index in [0.717, 1.165) is 32.7 Å². The van der Waals surface area contributed by atoms with Crippen LogP contribution in [-0.4, -0.2) is 75.2 Å². The van der Waals surface area contributed by atoms with E-state index in [0.29, 0.717) is 0 Å². The summed E-state index contributed by atoms with van der Waals surface area (Å²) >= 11 is 0. The lowest BCUT2D eigenvalue weighted by molar-refractivity contribution is 0.102. The van der Waals surface area contributed by atoms with Crippen molar-refractivity contribution in [3.8, 4) is 0 Å². The molecule has 2 N–H and O–H groups in total. The molecular weight excluding hydrogens is 200 g/mol. The van der Waals surface area contributed by atoms with Crippen LogP contribution in [0.25, 0.3) is 0 Å². The maximum absolute atomic E-state index is 3.55. The van der Waals surface area contributed by atoms with Crippen molar-refractivity contribution in [2.24, 2.45) is 0 Å². The summed E-state index contributed by atoms with van der Waals surface area (Å²) in [5.41, 5.74) is 0.272. The molecule has 0 bridgehead atoms. The molecule has 0 unspecified atom stereocenters. The van der Waals surface area contributed by atoms with Crippen LogP contribution >= 0.6 is 0 Å². The number of likely N-dealkylation sites (N-methyl/N-ethyl adjacent to an activating group) is 1. The Labute approximate surface area is 100 Å². The molecule has 96 valence electrons. The average Bonchev–Trinajstić information content (AvgIpc) is 2.26. The molecule has 4 nitrogen and oxygen atoms in total. The van der Waals surface area contributed by atoms with Crippen LogP contribution in [0.5, 0.6) is 0 Å². The summed E-state index contributed by atoms with van der Waals surface area (Å²) in [7, 11) is 4.23. The Morgan fingerprint density at radius 3 is 2.44 bits per heavy atom. The zero-order chi connectivity index (χ0) is 12.0. The van der Waals surface area contributed by atoms with E-state index in [1.807, 2.05) is 0 Å². The van der Waals surface area contributed by atoms with E-state index < -0.39 is 0 Å². The van der Waals surface area contributed by atoms with Crippen molar-refractivity contribution in [2.75, 3.05) is 59.9 Å². The highest BCUT2D eigenvalue weighted by Gasteiger charge is 2.26. The maximum atomic E-state index is 3.55. The minimum atomic E-state index is 0.272. The second-order valence-electron chi connectivity index (χ2n) is 5.53. The fourth-order valence-corrected chi connectivity index (χ4v) is 2.08. The van der Waals surface area contributed by atoms with Gasteiger partial charge in [0.25, 0.3) is 0 Å². The maximum Gasteiger partial charge on any atom is 0.0278 e. The molecule has 0 spiro atoms. The van der Waals surface area contributed by atoms with Gasteiger partial charge in [0.2, 0.25) is 0 Å². The summed E-state index contributed by atoms with van der Waals surface area (Å²) in [4.78, 5) is 4.79. The molecule has 1 fully saturated rings. The summed E-state index contributed by atoms with van der Waals surface area (Å²) in [6, 6.07) is 0. The fraction of sp³-hybridized carbons (Fsp3) is 1.00. The number of rotatable bonds is 6. The predicted octanol–water partition coefficient (Wildman–Crippen LogP) is -0.179. The molecule has 0 aromatic heterocycles. The molecule has 4 heteroatoms. The van der Waals surface area contributed by atoms with Gasteiger partial charge in [0.15, 0.2) is 0 Å². The van der Waals surface area contributed by atoms with E-state index >= 15 is 0 Å². The molecule has 0 radical (unpaired) electrons. The number of hydrogen-bond donors (Lipinski definition) is 2. The Bertz CT molecular complexity index is 185. The van der Waals surface area contributed by atoms with Gasteiger partial charge in [-0.1, -0.05) is 0 Å². The van der Waals surface area contributed by atoms with Crippen molar-refractivity contribution < 1.29 is 0 Å². The standard InChI is InChI=1S/C12H28N4/c1-12(2,11-14-5-8-15(3)4)16-9-6-13-7-10-16/h13-14H,5-11H2,1-4H3. The molecule has 0 atom stereocenters. The third-order valence-corrected chi connectivity index (χ3v) is 3.27. The molecule has 1 heterocycles. The van der Waals surface area contributed by atoms with Crippen molar-refractivity contribution in [1.29, 1.82) is 0 Å². The first-order valence-electron chi connectivity index (χ1n) is 6.33. The smallest absolute Gasteiger partial charge is 0.0278 e. The molecule has 1 aliphatic heterocycles. The van der Waals surface area contributed by atoms with Crippen LogP contribution in [0, 0.1) is 0 Å². The molecule has 1 saturated heterocycles. The van der Waals surface area contributed by atoms with Crippen LogP contribution < -0.4 is 10.6 Å². The summed E-state index contributed by atoms with van der Waals surface area (Å²) in [5.74, 6) is 0. The van der Waals surface area contributed by atoms with Gasteiger partial charge < -0.3 is 15.5 Å². The Hall–Kier alpha value is -0.160. The molecule has 0 amide bonds. The monoisotopic (exact) mass is 228 g/mol. The lowest BCUT2D eigenvalue weighted by Crippen LogP contribution is -2.57. The van der Waals surface area contributed by atoms with E-state index in [2.05, 4.69) is 48.4 Å². The largest absolute Gasteiger partial charge is 0.314 e. The Balaban J connectivity index is 2.21. The third-order valence-electron chi connectivity index (χ3n) is 3.27. The van der Waals surface area contributed by atoms with Crippen LogP contribution in [-0.2, 0) is 0 Å². The Morgan fingerprint density at radius 1 is 1.25 bits per heavy atom. The molecule has 1 aliphatic rings. The fourth-order valence-electron chi connectivity index (χ4n) is 2.08. The highest BCUT2D eigenvalue weighted by molar-refractivity contribution is 4.86. The zero-order valence-corrected chi connectivity index (χ0v) is 11.3. The number of nitrogens with zero attached hydrogens (tertiary/aromatic N) is 2. The summed E-state index contributed by atoms with van der Waals surface area (Å²) < 4.78 is 0. The molecule has 1 rings (SSSR count). The highest BCUT2D eigenvalue weighted by Crippen LogP contribution is 2.13. The Morgan fingerprint density at radius 2 is 1.88 bits per heavy atom. The van der Waals surface area contributed by atoms with Gasteiger partial charge in [-0.25, -0.2) is 0 Å². The predicted molar refractivity (Wildman–Crippen MR) is 69.9 cm³/mol. The second-order valence-corrected chi connectivity index (χ2v) is 5.53. The number of hydrogen-bond acceptors (Lipinski definition) is 4. The molecule has 0 aromatic carbocycles. The SMILES string of the molecule is CN(C)CCNCC(C)(C)N1CCNCC1. The van der Waals surface area contributed by atoms with Gasteiger partial charge in [0, 0.05) is 51.4 Å². The topological polar surface area (TPSA) is 30.5 Å². The van der Waals surface area contributed by atoms with Gasteiger partial charge in [0.1, 0.15) is 0 Å². The number of nitrogens with one attached hydrogen (secondary N) is 2. The van der Waals surface area contributed by atoms with Crippen LogP contribution in [0.3, 0.4) is 0 Å². The van der Waals surface area contributed by atoms with E-state index in [1.165, 1.54) is 13.1 Å². The molecular formula is C12H28N4. The summed E-state index contributed by atoms with van der Waals surface area (Å²) in [6.07, 6.45) is 0. The summed E-state index contributed by atoms with van der Waals surface area (Å²) in [6.45, 7) is 12.5. The van der Waals surface area contributed by atoms with Gasteiger partial charge in [-0.2, -0.15) is 0 Å². The minimum absolute atomic E-state index is 0.272. The first-order chi connectivity index (χ1) is 7.52. The second kappa shape index (κ2) is 6.55. The minimum Gasteiger partial charge on any atom is -0.314 e. The van der Waals surface area contributed by atoms with Crippen molar-refractivity contribution in [3.63, 3.8) is 0 Å². The molecule has 0 saturated carbocycles. The van der Waals surface area contributed by atoms with Crippen molar-refractivity contribution in [1.82, 2.24) is 20.4 Å². The first-order valence-corrected chi connectivity index (χ1v) is 6.33. The molecule has 16 heavy (non-hydrogen) atoms. The van der Waals surface area contributed by atoms with Crippen molar-refractivity contribution in [2.45, 2.75) is 19.4 Å². The molecule has 0 aromatic rings.